The molecule has 1 aliphatic carbocycles. The van der Waals surface area contributed by atoms with Gasteiger partial charge in [0.05, 0.1) is 45.2 Å². The van der Waals surface area contributed by atoms with Crippen LogP contribution < -0.4 is 14.8 Å². The van der Waals surface area contributed by atoms with E-state index in [0.717, 1.165) is 11.3 Å². The van der Waals surface area contributed by atoms with Crippen molar-refractivity contribution in [2.75, 3.05) is 34.5 Å². The minimum absolute atomic E-state index is 0.0123. The predicted octanol–water partition coefficient (Wildman–Crippen LogP) is 4.82. The molecule has 2 aliphatic rings. The van der Waals surface area contributed by atoms with Crippen molar-refractivity contribution in [3.8, 4) is 11.5 Å². The summed E-state index contributed by atoms with van der Waals surface area (Å²) in [7, 11) is 4.48. The van der Waals surface area contributed by atoms with Gasteiger partial charge in [-0.1, -0.05) is 18.2 Å². The van der Waals surface area contributed by atoms with Crippen LogP contribution in [0.25, 0.3) is 0 Å². The summed E-state index contributed by atoms with van der Waals surface area (Å²) >= 11 is 0. The van der Waals surface area contributed by atoms with Crippen LogP contribution in [0.4, 0.5) is 0 Å². The molecule has 0 aromatic heterocycles. The summed E-state index contributed by atoms with van der Waals surface area (Å²) in [5.41, 5.74) is 4.30. The van der Waals surface area contributed by atoms with E-state index in [0.29, 0.717) is 45.9 Å². The zero-order chi connectivity index (χ0) is 29.7. The van der Waals surface area contributed by atoms with Crippen LogP contribution in [0.3, 0.4) is 0 Å². The van der Waals surface area contributed by atoms with Gasteiger partial charge in [-0.2, -0.15) is 0 Å². The van der Waals surface area contributed by atoms with E-state index in [9.17, 15) is 14.4 Å². The lowest BCUT2D eigenvalue weighted by atomic mass is 9.71. The first-order chi connectivity index (χ1) is 19.7. The average Bonchev–Trinajstić information content (AvgIpc) is 2.97. The maximum atomic E-state index is 13.9. The van der Waals surface area contributed by atoms with Gasteiger partial charge in [-0.3, -0.25) is 4.79 Å². The number of methoxy groups -OCH3 is 3. The number of esters is 2. The second-order valence-corrected chi connectivity index (χ2v) is 10.3. The van der Waals surface area contributed by atoms with Crippen molar-refractivity contribution < 1.29 is 38.1 Å². The van der Waals surface area contributed by atoms with Crippen LogP contribution in [-0.2, 0) is 23.8 Å². The van der Waals surface area contributed by atoms with Crippen LogP contribution >= 0.6 is 0 Å². The first-order valence-electron chi connectivity index (χ1n) is 13.6. The Morgan fingerprint density at radius 2 is 1.59 bits per heavy atom. The van der Waals surface area contributed by atoms with E-state index in [1.165, 1.54) is 7.11 Å². The zero-order valence-electron chi connectivity index (χ0n) is 24.4. The molecule has 0 saturated heterocycles. The van der Waals surface area contributed by atoms with Crippen LogP contribution in [0.5, 0.6) is 11.5 Å². The number of hydrogen-bond acceptors (Lipinski definition) is 9. The molecule has 0 fully saturated rings. The summed E-state index contributed by atoms with van der Waals surface area (Å²) in [6.45, 7) is 5.98. The maximum Gasteiger partial charge on any atom is 0.337 e. The Morgan fingerprint density at radius 1 is 0.902 bits per heavy atom. The lowest BCUT2D eigenvalue weighted by Crippen LogP contribution is -2.36. The van der Waals surface area contributed by atoms with Crippen molar-refractivity contribution in [3.05, 3.63) is 81.7 Å². The smallest absolute Gasteiger partial charge is 0.337 e. The summed E-state index contributed by atoms with van der Waals surface area (Å²) < 4.78 is 26.8. The SMILES string of the molecule is COC(=O)c1ccc([C@@H]2C(C(=O)OCCOC(C)C)=C(C)NC3=C2C(=O)C[C@@H](c2ccc(OC)c(OC)c2)C3)cc1. The fourth-order valence-corrected chi connectivity index (χ4v) is 5.41. The minimum Gasteiger partial charge on any atom is -0.493 e. The van der Waals surface area contributed by atoms with Gasteiger partial charge >= 0.3 is 11.9 Å². The fraction of sp³-hybridized carbons (Fsp3) is 0.406. The Kier molecular flexibility index (Phi) is 9.50. The number of allylic oxidation sites excluding steroid dienone is 3. The van der Waals surface area contributed by atoms with E-state index in [2.05, 4.69) is 5.32 Å². The van der Waals surface area contributed by atoms with E-state index in [1.54, 1.807) is 38.5 Å². The standard InChI is InChI=1S/C32H37NO8/c1-18(2)40-13-14-41-32(36)28-19(3)33-24-15-23(22-11-12-26(37-4)27(17-22)38-5)16-25(34)30(24)29(28)20-7-9-21(10-8-20)31(35)39-6/h7-12,17-18,23,29,33H,13-16H2,1-6H3/t23-,29+/m0/s1. The first kappa shape index (κ1) is 29.9. The molecule has 4 rings (SSSR count). The molecule has 9 heteroatoms. The van der Waals surface area contributed by atoms with Gasteiger partial charge in [0.1, 0.15) is 6.61 Å². The minimum atomic E-state index is -0.657. The van der Waals surface area contributed by atoms with Crippen LogP contribution in [0.15, 0.2) is 65.0 Å². The van der Waals surface area contributed by atoms with Crippen molar-refractivity contribution >= 4 is 17.7 Å². The van der Waals surface area contributed by atoms with Crippen LogP contribution in [0, 0.1) is 0 Å². The van der Waals surface area contributed by atoms with Crippen molar-refractivity contribution in [2.24, 2.45) is 0 Å². The maximum absolute atomic E-state index is 13.9. The largest absolute Gasteiger partial charge is 0.493 e. The second-order valence-electron chi connectivity index (χ2n) is 10.3. The predicted molar refractivity (Wildman–Crippen MR) is 152 cm³/mol. The van der Waals surface area contributed by atoms with Gasteiger partial charge in [0, 0.05) is 29.3 Å². The summed E-state index contributed by atoms with van der Waals surface area (Å²) in [6, 6.07) is 12.5. The Hall–Kier alpha value is -4.11. The molecular weight excluding hydrogens is 526 g/mol. The second kappa shape index (κ2) is 13.0. The molecule has 41 heavy (non-hydrogen) atoms. The highest BCUT2D eigenvalue weighted by atomic mass is 16.6. The number of ketones is 1. The van der Waals surface area contributed by atoms with Gasteiger partial charge in [0.15, 0.2) is 17.3 Å². The molecular formula is C32H37NO8. The first-order valence-corrected chi connectivity index (χ1v) is 13.6. The average molecular weight is 564 g/mol. The van der Waals surface area contributed by atoms with Gasteiger partial charge in [-0.05, 0) is 68.5 Å². The summed E-state index contributed by atoms with van der Waals surface area (Å²) in [6.07, 6.45) is 0.837. The van der Waals surface area contributed by atoms with Crippen LogP contribution in [0.1, 0.15) is 66.9 Å². The number of ether oxygens (including phenoxy) is 5. The Labute approximate surface area is 240 Å². The van der Waals surface area contributed by atoms with Crippen LogP contribution in [0.2, 0.25) is 0 Å². The van der Waals surface area contributed by atoms with Crippen molar-refractivity contribution in [1.29, 1.82) is 0 Å². The topological polar surface area (TPSA) is 109 Å². The number of benzene rings is 2. The molecule has 0 bridgehead atoms. The Morgan fingerprint density at radius 3 is 2.22 bits per heavy atom. The van der Waals surface area contributed by atoms with Crippen molar-refractivity contribution in [1.82, 2.24) is 5.32 Å². The van der Waals surface area contributed by atoms with Gasteiger partial charge in [0.25, 0.3) is 0 Å². The fourth-order valence-electron chi connectivity index (χ4n) is 5.41. The molecule has 9 nitrogen and oxygen atoms in total. The highest BCUT2D eigenvalue weighted by molar-refractivity contribution is 6.04. The summed E-state index contributed by atoms with van der Waals surface area (Å²) in [5.74, 6) is -0.594. The molecule has 1 N–H and O–H groups in total. The number of carbonyl (C=O) groups excluding carboxylic acids is 3. The molecule has 0 saturated carbocycles. The monoisotopic (exact) mass is 563 g/mol. The highest BCUT2D eigenvalue weighted by Crippen LogP contribution is 2.46. The van der Waals surface area contributed by atoms with E-state index >= 15 is 0 Å². The van der Waals surface area contributed by atoms with E-state index in [-0.39, 0.29) is 37.4 Å². The molecule has 0 radical (unpaired) electrons. The third-order valence-electron chi connectivity index (χ3n) is 7.36. The lowest BCUT2D eigenvalue weighted by molar-refractivity contribution is -0.141. The van der Waals surface area contributed by atoms with Gasteiger partial charge < -0.3 is 29.0 Å². The van der Waals surface area contributed by atoms with Gasteiger partial charge in [-0.25, -0.2) is 9.59 Å². The van der Waals surface area contributed by atoms with E-state index in [1.807, 2.05) is 39.0 Å². The van der Waals surface area contributed by atoms with E-state index in [4.69, 9.17) is 23.7 Å². The molecule has 0 amide bonds. The number of Topliss-reactive ketones (excluding diaryl/α,β-unsaturated/α-hetero) is 1. The summed E-state index contributed by atoms with van der Waals surface area (Å²) in [4.78, 5) is 39.4. The molecule has 1 aliphatic heterocycles. The number of dihydropyridines is 1. The molecule has 0 unspecified atom stereocenters. The van der Waals surface area contributed by atoms with Gasteiger partial charge in [0.2, 0.25) is 0 Å². The highest BCUT2D eigenvalue weighted by Gasteiger charge is 2.41. The normalized spacial score (nSPS) is 18.6. The molecule has 1 heterocycles. The molecule has 2 aromatic carbocycles. The quantitative estimate of drug-likeness (QED) is 0.321. The number of rotatable bonds is 10. The number of nitrogens with one attached hydrogen (secondary N) is 1. The third-order valence-corrected chi connectivity index (χ3v) is 7.36. The number of hydrogen-bond donors (Lipinski definition) is 1. The Bertz CT molecular complexity index is 1370. The van der Waals surface area contributed by atoms with Crippen LogP contribution in [-0.4, -0.2) is 58.4 Å². The molecule has 0 spiro atoms. The molecule has 2 atom stereocenters. The lowest BCUT2D eigenvalue weighted by Gasteiger charge is -2.36. The number of carbonyl (C=O) groups is 3. The molecule has 218 valence electrons. The zero-order valence-corrected chi connectivity index (χ0v) is 24.4. The van der Waals surface area contributed by atoms with Gasteiger partial charge in [-0.15, -0.1) is 0 Å². The molecule has 2 aromatic rings. The summed E-state index contributed by atoms with van der Waals surface area (Å²) in [5, 5.41) is 3.35. The van der Waals surface area contributed by atoms with Crippen molar-refractivity contribution in [2.45, 2.75) is 51.6 Å². The van der Waals surface area contributed by atoms with Crippen molar-refractivity contribution in [3.63, 3.8) is 0 Å². The van der Waals surface area contributed by atoms with E-state index < -0.39 is 17.9 Å². The third kappa shape index (κ3) is 6.46. The Balaban J connectivity index is 1.71.